The molecule has 0 N–H and O–H groups in total. The molecule has 0 amide bonds. The highest BCUT2D eigenvalue weighted by molar-refractivity contribution is 4.66. The predicted molar refractivity (Wildman–Crippen MR) is 103 cm³/mol. The molecule has 0 aliphatic heterocycles. The topological polar surface area (TPSA) is 0 Å². The molecular formula is C22H46. The van der Waals surface area contributed by atoms with E-state index in [9.17, 15) is 0 Å². The molecule has 134 valence electrons. The normalized spacial score (nSPS) is 16.0. The van der Waals surface area contributed by atoms with Crippen LogP contribution >= 0.6 is 0 Å². The van der Waals surface area contributed by atoms with Gasteiger partial charge in [0.2, 0.25) is 0 Å². The molecule has 0 aliphatic rings. The molecule has 0 saturated heterocycles. The van der Waals surface area contributed by atoms with Gasteiger partial charge >= 0.3 is 0 Å². The summed E-state index contributed by atoms with van der Waals surface area (Å²) >= 11 is 0. The molecule has 0 bridgehead atoms. The maximum Gasteiger partial charge on any atom is -0.0391 e. The third kappa shape index (κ3) is 12.5. The number of hydrogen-bond donors (Lipinski definition) is 0. The molecule has 0 radical (unpaired) electrons. The Morgan fingerprint density at radius 3 is 1.68 bits per heavy atom. The van der Waals surface area contributed by atoms with Crippen molar-refractivity contribution >= 4 is 0 Å². The van der Waals surface area contributed by atoms with Crippen molar-refractivity contribution in [3.8, 4) is 0 Å². The molecule has 22 heavy (non-hydrogen) atoms. The third-order valence-electron chi connectivity index (χ3n) is 5.57. The van der Waals surface area contributed by atoms with Crippen molar-refractivity contribution in [2.24, 2.45) is 23.7 Å². The Balaban J connectivity index is 3.56. The molecule has 0 aromatic heterocycles. The van der Waals surface area contributed by atoms with E-state index in [4.69, 9.17) is 0 Å². The van der Waals surface area contributed by atoms with Crippen LogP contribution in [-0.4, -0.2) is 0 Å². The smallest absolute Gasteiger partial charge is 0.0391 e. The van der Waals surface area contributed by atoms with Gasteiger partial charge < -0.3 is 0 Å². The fourth-order valence-corrected chi connectivity index (χ4v) is 3.85. The fourth-order valence-electron chi connectivity index (χ4n) is 3.85. The molecule has 0 spiro atoms. The summed E-state index contributed by atoms with van der Waals surface area (Å²) in [6, 6.07) is 0. The van der Waals surface area contributed by atoms with Crippen molar-refractivity contribution in [1.29, 1.82) is 0 Å². The van der Waals surface area contributed by atoms with Crippen LogP contribution in [0.2, 0.25) is 0 Å². The largest absolute Gasteiger partial charge is 0.0654 e. The van der Waals surface area contributed by atoms with Crippen LogP contribution < -0.4 is 0 Å². The zero-order chi connectivity index (χ0) is 16.8. The summed E-state index contributed by atoms with van der Waals surface area (Å²) in [4.78, 5) is 0. The Bertz CT molecular complexity index is 218. The standard InChI is InChI=1S/C22H46/c1-7-14-21(6)22(8-2)18-13-12-17-20(5)16-11-9-10-15-19(3)4/h19-22H,7-18H2,1-6H3. The van der Waals surface area contributed by atoms with Gasteiger partial charge in [0.05, 0.1) is 0 Å². The van der Waals surface area contributed by atoms with E-state index in [0.717, 1.165) is 23.7 Å². The minimum atomic E-state index is 0.888. The second-order valence-corrected chi connectivity index (χ2v) is 8.36. The fraction of sp³-hybridized carbons (Fsp3) is 1.00. The highest BCUT2D eigenvalue weighted by Gasteiger charge is 2.14. The zero-order valence-electron chi connectivity index (χ0n) is 16.8. The first-order chi connectivity index (χ1) is 10.5. The third-order valence-corrected chi connectivity index (χ3v) is 5.57. The average molecular weight is 311 g/mol. The van der Waals surface area contributed by atoms with Crippen LogP contribution in [0.5, 0.6) is 0 Å². The lowest BCUT2D eigenvalue weighted by molar-refractivity contribution is 0.293. The van der Waals surface area contributed by atoms with Gasteiger partial charge in [-0.2, -0.15) is 0 Å². The van der Waals surface area contributed by atoms with Crippen LogP contribution in [0.25, 0.3) is 0 Å². The average Bonchev–Trinajstić information content (AvgIpc) is 2.46. The molecule has 0 aliphatic carbocycles. The van der Waals surface area contributed by atoms with Crippen LogP contribution in [0, 0.1) is 23.7 Å². The molecule has 0 aromatic carbocycles. The summed E-state index contributed by atoms with van der Waals surface area (Å²) in [5.74, 6) is 3.76. The lowest BCUT2D eigenvalue weighted by atomic mass is 9.84. The summed E-state index contributed by atoms with van der Waals surface area (Å²) in [5.41, 5.74) is 0. The van der Waals surface area contributed by atoms with Gasteiger partial charge in [-0.3, -0.25) is 0 Å². The van der Waals surface area contributed by atoms with Crippen LogP contribution in [0.15, 0.2) is 0 Å². The zero-order valence-corrected chi connectivity index (χ0v) is 16.8. The van der Waals surface area contributed by atoms with E-state index in [2.05, 4.69) is 41.5 Å². The second kappa shape index (κ2) is 14.6. The summed E-state index contributed by atoms with van der Waals surface area (Å²) in [6.45, 7) is 14.3. The number of rotatable bonds is 15. The minimum Gasteiger partial charge on any atom is -0.0654 e. The van der Waals surface area contributed by atoms with Crippen molar-refractivity contribution in [2.45, 2.75) is 119 Å². The van der Waals surface area contributed by atoms with E-state index in [0.29, 0.717) is 0 Å². The van der Waals surface area contributed by atoms with Crippen molar-refractivity contribution in [3.05, 3.63) is 0 Å². The van der Waals surface area contributed by atoms with Gasteiger partial charge in [0, 0.05) is 0 Å². The monoisotopic (exact) mass is 310 g/mol. The lowest BCUT2D eigenvalue weighted by Crippen LogP contribution is -2.10. The van der Waals surface area contributed by atoms with E-state index in [1.165, 1.54) is 77.0 Å². The van der Waals surface area contributed by atoms with Gasteiger partial charge in [-0.1, -0.05) is 119 Å². The van der Waals surface area contributed by atoms with E-state index >= 15 is 0 Å². The Labute approximate surface area is 142 Å². The van der Waals surface area contributed by atoms with Crippen molar-refractivity contribution < 1.29 is 0 Å². The second-order valence-electron chi connectivity index (χ2n) is 8.36. The van der Waals surface area contributed by atoms with Crippen molar-refractivity contribution in [2.75, 3.05) is 0 Å². The van der Waals surface area contributed by atoms with Gasteiger partial charge in [0.1, 0.15) is 0 Å². The highest BCUT2D eigenvalue weighted by Crippen LogP contribution is 2.27. The first kappa shape index (κ1) is 22.0. The Morgan fingerprint density at radius 2 is 1.14 bits per heavy atom. The molecule has 0 aromatic rings. The molecule has 0 heterocycles. The number of hydrogen-bond acceptors (Lipinski definition) is 0. The van der Waals surface area contributed by atoms with E-state index in [1.54, 1.807) is 0 Å². The molecule has 0 fully saturated rings. The summed E-state index contributed by atoms with van der Waals surface area (Å²) in [6.07, 6.45) is 17.2. The van der Waals surface area contributed by atoms with E-state index < -0.39 is 0 Å². The minimum absolute atomic E-state index is 0.888. The first-order valence-corrected chi connectivity index (χ1v) is 10.5. The van der Waals surface area contributed by atoms with Gasteiger partial charge in [-0.25, -0.2) is 0 Å². The summed E-state index contributed by atoms with van der Waals surface area (Å²) in [7, 11) is 0. The molecule has 0 saturated carbocycles. The SMILES string of the molecule is CCCC(C)C(CC)CCCCC(C)CCCCCC(C)C. The summed E-state index contributed by atoms with van der Waals surface area (Å²) < 4.78 is 0. The Morgan fingerprint density at radius 1 is 0.591 bits per heavy atom. The molecular weight excluding hydrogens is 264 g/mol. The quantitative estimate of drug-likeness (QED) is 0.267. The van der Waals surface area contributed by atoms with Gasteiger partial charge in [0.25, 0.3) is 0 Å². The van der Waals surface area contributed by atoms with Gasteiger partial charge in [-0.05, 0) is 23.7 Å². The van der Waals surface area contributed by atoms with Crippen molar-refractivity contribution in [1.82, 2.24) is 0 Å². The van der Waals surface area contributed by atoms with Gasteiger partial charge in [0.15, 0.2) is 0 Å². The van der Waals surface area contributed by atoms with E-state index in [-0.39, 0.29) is 0 Å². The maximum absolute atomic E-state index is 2.47. The van der Waals surface area contributed by atoms with Crippen LogP contribution in [0.3, 0.4) is 0 Å². The maximum atomic E-state index is 2.47. The molecule has 0 heteroatoms. The van der Waals surface area contributed by atoms with E-state index in [1.807, 2.05) is 0 Å². The number of unbranched alkanes of at least 4 members (excludes halogenated alkanes) is 3. The first-order valence-electron chi connectivity index (χ1n) is 10.5. The van der Waals surface area contributed by atoms with Crippen LogP contribution in [0.1, 0.15) is 119 Å². The predicted octanol–water partition coefficient (Wildman–Crippen LogP) is 8.25. The van der Waals surface area contributed by atoms with Crippen LogP contribution in [0.4, 0.5) is 0 Å². The van der Waals surface area contributed by atoms with Crippen molar-refractivity contribution in [3.63, 3.8) is 0 Å². The Kier molecular flexibility index (Phi) is 14.6. The molecule has 0 rings (SSSR count). The van der Waals surface area contributed by atoms with Gasteiger partial charge in [-0.15, -0.1) is 0 Å². The van der Waals surface area contributed by atoms with Crippen LogP contribution in [-0.2, 0) is 0 Å². The molecule has 0 nitrogen and oxygen atoms in total. The Hall–Kier alpha value is 0. The highest BCUT2D eigenvalue weighted by atomic mass is 14.2. The summed E-state index contributed by atoms with van der Waals surface area (Å²) in [5, 5.41) is 0. The molecule has 3 unspecified atom stereocenters. The lowest BCUT2D eigenvalue weighted by Gasteiger charge is -2.22. The molecule has 3 atom stereocenters.